The number of rotatable bonds is 10. The summed E-state index contributed by atoms with van der Waals surface area (Å²) in [6.07, 6.45) is 1.47. The Kier molecular flexibility index (Phi) is 7.39. The number of thiazole rings is 1. The van der Waals surface area contributed by atoms with Crippen LogP contribution in [0.4, 0.5) is 10.8 Å². The standard InChI is InChI=1S/C21H22N4O5S/c1-4-29-19-11-14(10-17(25(26)27)20(19)30-5-2)12-22-24-21-23-16(13-31-21)15-8-6-7-9-18(15)28-3/h6-13H,4-5H2,1-3H3,(H,23,24)/b22-12-. The molecule has 0 saturated carbocycles. The van der Waals surface area contributed by atoms with Crippen molar-refractivity contribution < 1.29 is 19.1 Å². The summed E-state index contributed by atoms with van der Waals surface area (Å²) in [5.74, 6) is 1.14. The van der Waals surface area contributed by atoms with Gasteiger partial charge in [0.2, 0.25) is 10.9 Å². The van der Waals surface area contributed by atoms with E-state index in [-0.39, 0.29) is 18.0 Å². The molecule has 0 unspecified atom stereocenters. The minimum Gasteiger partial charge on any atom is -0.496 e. The molecule has 2 aromatic carbocycles. The van der Waals surface area contributed by atoms with E-state index in [1.54, 1.807) is 27.0 Å². The van der Waals surface area contributed by atoms with Gasteiger partial charge in [0.05, 0.1) is 37.2 Å². The third kappa shape index (κ3) is 5.28. The van der Waals surface area contributed by atoms with Gasteiger partial charge < -0.3 is 14.2 Å². The highest BCUT2D eigenvalue weighted by atomic mass is 32.1. The molecule has 3 rings (SSSR count). The number of nitro groups is 1. The van der Waals surface area contributed by atoms with Crippen molar-refractivity contribution in [2.75, 3.05) is 25.7 Å². The highest BCUT2D eigenvalue weighted by Gasteiger charge is 2.22. The fraction of sp³-hybridized carbons (Fsp3) is 0.238. The van der Waals surface area contributed by atoms with E-state index in [1.807, 2.05) is 29.6 Å². The van der Waals surface area contributed by atoms with E-state index in [1.165, 1.54) is 23.6 Å². The Bertz CT molecular complexity index is 1080. The third-order valence-electron chi connectivity index (χ3n) is 4.10. The normalized spacial score (nSPS) is 10.8. The number of ether oxygens (including phenoxy) is 3. The van der Waals surface area contributed by atoms with Crippen LogP contribution in [-0.4, -0.2) is 36.4 Å². The zero-order valence-electron chi connectivity index (χ0n) is 17.3. The summed E-state index contributed by atoms with van der Waals surface area (Å²) in [6.45, 7) is 4.19. The predicted molar refractivity (Wildman–Crippen MR) is 121 cm³/mol. The molecule has 0 aliphatic heterocycles. The number of anilines is 1. The molecule has 0 amide bonds. The second-order valence-corrected chi connectivity index (χ2v) is 6.96. The summed E-state index contributed by atoms with van der Waals surface area (Å²) in [4.78, 5) is 15.5. The van der Waals surface area contributed by atoms with Crippen molar-refractivity contribution in [3.63, 3.8) is 0 Å². The number of nitrogens with one attached hydrogen (secondary N) is 1. The van der Waals surface area contributed by atoms with E-state index >= 15 is 0 Å². The molecule has 0 radical (unpaired) electrons. The number of aromatic nitrogens is 1. The van der Waals surface area contributed by atoms with Gasteiger partial charge in [-0.3, -0.25) is 15.5 Å². The van der Waals surface area contributed by atoms with Crippen molar-refractivity contribution in [3.05, 3.63) is 57.5 Å². The molecule has 1 N–H and O–H groups in total. The lowest BCUT2D eigenvalue weighted by Crippen LogP contribution is -2.03. The Morgan fingerprint density at radius 3 is 2.68 bits per heavy atom. The van der Waals surface area contributed by atoms with Crippen LogP contribution in [0.1, 0.15) is 19.4 Å². The van der Waals surface area contributed by atoms with E-state index in [0.717, 1.165) is 17.0 Å². The number of hydrazone groups is 1. The maximum atomic E-state index is 11.5. The van der Waals surface area contributed by atoms with Crippen LogP contribution >= 0.6 is 11.3 Å². The minimum absolute atomic E-state index is 0.112. The van der Waals surface area contributed by atoms with Crippen LogP contribution in [0.5, 0.6) is 17.2 Å². The molecule has 1 heterocycles. The third-order valence-corrected chi connectivity index (χ3v) is 4.85. The summed E-state index contributed by atoms with van der Waals surface area (Å²) < 4.78 is 16.3. The summed E-state index contributed by atoms with van der Waals surface area (Å²) in [5, 5.41) is 18.1. The molecule has 0 bridgehead atoms. The van der Waals surface area contributed by atoms with Gasteiger partial charge in [0, 0.05) is 22.6 Å². The number of benzene rings is 2. The molecule has 0 aliphatic carbocycles. The number of nitro benzene ring substituents is 1. The van der Waals surface area contributed by atoms with Crippen molar-refractivity contribution in [3.8, 4) is 28.5 Å². The van der Waals surface area contributed by atoms with Gasteiger partial charge >= 0.3 is 5.69 Å². The molecule has 3 aromatic rings. The monoisotopic (exact) mass is 442 g/mol. The Balaban J connectivity index is 1.81. The molecule has 1 aromatic heterocycles. The molecule has 31 heavy (non-hydrogen) atoms. The van der Waals surface area contributed by atoms with Gasteiger partial charge in [0.1, 0.15) is 5.75 Å². The Hall–Kier alpha value is -3.66. The van der Waals surface area contributed by atoms with Crippen molar-refractivity contribution in [2.45, 2.75) is 13.8 Å². The molecule has 9 nitrogen and oxygen atoms in total. The molecule has 162 valence electrons. The molecular weight excluding hydrogens is 420 g/mol. The first-order chi connectivity index (χ1) is 15.1. The fourth-order valence-electron chi connectivity index (χ4n) is 2.84. The van der Waals surface area contributed by atoms with Gasteiger partial charge in [-0.05, 0) is 32.0 Å². The van der Waals surface area contributed by atoms with Crippen LogP contribution in [0.25, 0.3) is 11.3 Å². The molecule has 10 heteroatoms. The van der Waals surface area contributed by atoms with E-state index in [2.05, 4.69) is 15.5 Å². The number of hydrogen-bond donors (Lipinski definition) is 1. The average molecular weight is 442 g/mol. The maximum absolute atomic E-state index is 11.5. The zero-order chi connectivity index (χ0) is 22.2. The van der Waals surface area contributed by atoms with Crippen LogP contribution in [0.2, 0.25) is 0 Å². The lowest BCUT2D eigenvalue weighted by atomic mass is 10.1. The summed E-state index contributed by atoms with van der Waals surface area (Å²) >= 11 is 1.38. The Morgan fingerprint density at radius 2 is 1.97 bits per heavy atom. The molecule has 0 aliphatic rings. The molecule has 0 spiro atoms. The average Bonchev–Trinajstić information content (AvgIpc) is 3.24. The first-order valence-electron chi connectivity index (χ1n) is 9.53. The smallest absolute Gasteiger partial charge is 0.315 e. The zero-order valence-corrected chi connectivity index (χ0v) is 18.1. The molecule has 0 fully saturated rings. The van der Waals surface area contributed by atoms with Crippen molar-refractivity contribution in [1.29, 1.82) is 0 Å². The van der Waals surface area contributed by atoms with Gasteiger partial charge in [-0.1, -0.05) is 12.1 Å². The van der Waals surface area contributed by atoms with Crippen LogP contribution in [0, 0.1) is 10.1 Å². The van der Waals surface area contributed by atoms with E-state index in [9.17, 15) is 10.1 Å². The fourth-order valence-corrected chi connectivity index (χ4v) is 3.50. The Morgan fingerprint density at radius 1 is 1.19 bits per heavy atom. The summed E-state index contributed by atoms with van der Waals surface area (Å²) in [5.41, 5.74) is 4.81. The van der Waals surface area contributed by atoms with E-state index in [0.29, 0.717) is 23.1 Å². The van der Waals surface area contributed by atoms with Gasteiger partial charge in [-0.25, -0.2) is 4.98 Å². The van der Waals surface area contributed by atoms with Crippen LogP contribution < -0.4 is 19.6 Å². The topological polar surface area (TPSA) is 108 Å². The number of para-hydroxylation sites is 1. The SMILES string of the molecule is CCOc1cc(/C=N\Nc2nc(-c3ccccc3OC)cs2)cc([N+](=O)[O-])c1OCC. The first kappa shape index (κ1) is 22.0. The summed E-state index contributed by atoms with van der Waals surface area (Å²) in [7, 11) is 1.61. The molecular formula is C21H22N4O5S. The van der Waals surface area contributed by atoms with Gasteiger partial charge in [-0.2, -0.15) is 5.10 Å². The number of hydrogen-bond acceptors (Lipinski definition) is 9. The highest BCUT2D eigenvalue weighted by molar-refractivity contribution is 7.14. The van der Waals surface area contributed by atoms with Gasteiger partial charge in [0.25, 0.3) is 0 Å². The van der Waals surface area contributed by atoms with Crippen molar-refractivity contribution in [1.82, 2.24) is 4.98 Å². The highest BCUT2D eigenvalue weighted by Crippen LogP contribution is 2.38. The molecule has 0 atom stereocenters. The number of nitrogens with zero attached hydrogens (tertiary/aromatic N) is 3. The first-order valence-corrected chi connectivity index (χ1v) is 10.4. The second kappa shape index (κ2) is 10.4. The van der Waals surface area contributed by atoms with Gasteiger partial charge in [0.15, 0.2) is 5.75 Å². The lowest BCUT2D eigenvalue weighted by molar-refractivity contribution is -0.385. The predicted octanol–water partition coefficient (Wildman–Crippen LogP) is 4.97. The minimum atomic E-state index is -0.501. The van der Waals surface area contributed by atoms with Crippen LogP contribution in [-0.2, 0) is 0 Å². The largest absolute Gasteiger partial charge is 0.496 e. The van der Waals surface area contributed by atoms with Gasteiger partial charge in [-0.15, -0.1) is 11.3 Å². The van der Waals surface area contributed by atoms with E-state index in [4.69, 9.17) is 14.2 Å². The van der Waals surface area contributed by atoms with E-state index < -0.39 is 4.92 Å². The van der Waals surface area contributed by atoms with Crippen molar-refractivity contribution >= 4 is 28.4 Å². The Labute approximate surface area is 183 Å². The number of methoxy groups -OCH3 is 1. The van der Waals surface area contributed by atoms with Crippen LogP contribution in [0.15, 0.2) is 46.9 Å². The maximum Gasteiger partial charge on any atom is 0.315 e. The quantitative estimate of drug-likeness (QED) is 0.268. The van der Waals surface area contributed by atoms with Crippen molar-refractivity contribution in [2.24, 2.45) is 5.10 Å². The van der Waals surface area contributed by atoms with Crippen LogP contribution in [0.3, 0.4) is 0 Å². The lowest BCUT2D eigenvalue weighted by Gasteiger charge is -2.11. The summed E-state index contributed by atoms with van der Waals surface area (Å²) in [6, 6.07) is 10.6. The second-order valence-electron chi connectivity index (χ2n) is 6.10. The molecule has 0 saturated heterocycles.